The Balaban J connectivity index is 2.41. The highest BCUT2D eigenvalue weighted by Crippen LogP contribution is 2.21. The van der Waals surface area contributed by atoms with Gasteiger partial charge in [0.15, 0.2) is 6.10 Å². The van der Waals surface area contributed by atoms with E-state index in [0.29, 0.717) is 26.0 Å². The van der Waals surface area contributed by atoms with Gasteiger partial charge in [-0.25, -0.2) is 4.79 Å². The van der Waals surface area contributed by atoms with Crippen LogP contribution >= 0.6 is 0 Å². The Bertz CT molecular complexity index is 268. The number of carboxylic acid groups (broad SMARTS) is 1. The summed E-state index contributed by atoms with van der Waals surface area (Å²) < 4.78 is 10.0. The minimum Gasteiger partial charge on any atom is -0.479 e. The van der Waals surface area contributed by atoms with E-state index in [0.717, 1.165) is 0 Å². The van der Waals surface area contributed by atoms with Crippen LogP contribution in [0.15, 0.2) is 0 Å². The molecule has 0 unspecified atom stereocenters. The fourth-order valence-electron chi connectivity index (χ4n) is 1.58. The van der Waals surface area contributed by atoms with Gasteiger partial charge in [-0.05, 0) is 12.8 Å². The molecule has 1 N–H and O–H groups in total. The maximum atomic E-state index is 11.8. The molecule has 1 aliphatic heterocycles. The minimum atomic E-state index is -1.00. The molecule has 1 heterocycles. The lowest BCUT2D eigenvalue weighted by Gasteiger charge is -2.20. The van der Waals surface area contributed by atoms with Gasteiger partial charge >= 0.3 is 5.97 Å². The fraction of sp³-hybridized carbons (Fsp3) is 0.800. The van der Waals surface area contributed by atoms with Crippen LogP contribution in [0.4, 0.5) is 0 Å². The topological polar surface area (TPSA) is 76.1 Å². The molecular formula is C10H17NO5. The van der Waals surface area contributed by atoms with E-state index in [1.54, 1.807) is 14.2 Å². The molecule has 0 bridgehead atoms. The Kier molecular flexibility index (Phi) is 4.70. The largest absolute Gasteiger partial charge is 0.479 e. The second kappa shape index (κ2) is 5.81. The monoisotopic (exact) mass is 231 g/mol. The molecule has 0 aromatic heterocycles. The molecule has 92 valence electrons. The first-order valence-corrected chi connectivity index (χ1v) is 5.18. The highest BCUT2D eigenvalue weighted by Gasteiger charge is 2.35. The molecule has 1 fully saturated rings. The highest BCUT2D eigenvalue weighted by atomic mass is 16.5. The molecule has 0 spiro atoms. The number of hydrogen-bond donors (Lipinski definition) is 1. The molecule has 2 atom stereocenters. The summed E-state index contributed by atoms with van der Waals surface area (Å²) in [6, 6.07) is 0. The Morgan fingerprint density at radius 2 is 2.06 bits per heavy atom. The van der Waals surface area contributed by atoms with Crippen molar-refractivity contribution in [1.82, 2.24) is 4.90 Å². The van der Waals surface area contributed by atoms with Crippen molar-refractivity contribution in [2.24, 2.45) is 0 Å². The number of nitrogens with zero attached hydrogens (tertiary/aromatic N) is 1. The zero-order chi connectivity index (χ0) is 12.1. The van der Waals surface area contributed by atoms with Gasteiger partial charge < -0.3 is 19.5 Å². The number of carbonyl (C=O) groups excluding carboxylic acids is 1. The van der Waals surface area contributed by atoms with Crippen LogP contribution < -0.4 is 0 Å². The van der Waals surface area contributed by atoms with Crippen LogP contribution in [0, 0.1) is 0 Å². The Morgan fingerprint density at radius 3 is 2.56 bits per heavy atom. The zero-order valence-corrected chi connectivity index (χ0v) is 9.51. The van der Waals surface area contributed by atoms with E-state index < -0.39 is 18.2 Å². The van der Waals surface area contributed by atoms with Crippen molar-refractivity contribution in [2.75, 3.05) is 27.3 Å². The second-order valence-corrected chi connectivity index (χ2v) is 3.78. The van der Waals surface area contributed by atoms with E-state index in [1.807, 2.05) is 0 Å². The van der Waals surface area contributed by atoms with Gasteiger partial charge in [0.05, 0.1) is 6.61 Å². The quantitative estimate of drug-likeness (QED) is 0.704. The summed E-state index contributed by atoms with van der Waals surface area (Å²) in [4.78, 5) is 23.9. The highest BCUT2D eigenvalue weighted by molar-refractivity contribution is 5.82. The molecule has 0 saturated carbocycles. The molecule has 1 aliphatic rings. The van der Waals surface area contributed by atoms with Crippen molar-refractivity contribution in [1.29, 1.82) is 0 Å². The molecular weight excluding hydrogens is 214 g/mol. The molecule has 6 nitrogen and oxygen atoms in total. The predicted molar refractivity (Wildman–Crippen MR) is 55.0 cm³/mol. The van der Waals surface area contributed by atoms with Crippen molar-refractivity contribution in [3.05, 3.63) is 0 Å². The number of hydrogen-bond acceptors (Lipinski definition) is 4. The average Bonchev–Trinajstić information content (AvgIpc) is 2.74. The first-order valence-electron chi connectivity index (χ1n) is 5.18. The smallest absolute Gasteiger partial charge is 0.332 e. The van der Waals surface area contributed by atoms with Crippen molar-refractivity contribution in [3.63, 3.8) is 0 Å². The van der Waals surface area contributed by atoms with Crippen LogP contribution in [-0.4, -0.2) is 61.4 Å². The number of carboxylic acids is 1. The molecule has 1 saturated heterocycles. The molecule has 0 aromatic rings. The first kappa shape index (κ1) is 12.9. The van der Waals surface area contributed by atoms with Gasteiger partial charge in [-0.2, -0.15) is 0 Å². The minimum absolute atomic E-state index is 0.180. The molecule has 6 heteroatoms. The molecule has 0 aromatic carbocycles. The predicted octanol–water partition coefficient (Wildman–Crippen LogP) is -0.277. The van der Waals surface area contributed by atoms with E-state index in [1.165, 1.54) is 4.90 Å². The molecule has 0 radical (unpaired) electrons. The number of ether oxygens (including phenoxy) is 2. The van der Waals surface area contributed by atoms with E-state index in [2.05, 4.69) is 0 Å². The summed E-state index contributed by atoms with van der Waals surface area (Å²) in [6.45, 7) is 0.935. The number of rotatable bonds is 5. The zero-order valence-electron chi connectivity index (χ0n) is 9.51. The van der Waals surface area contributed by atoms with Gasteiger partial charge in [-0.15, -0.1) is 0 Å². The fourth-order valence-corrected chi connectivity index (χ4v) is 1.58. The lowest BCUT2D eigenvalue weighted by Crippen LogP contribution is -2.38. The van der Waals surface area contributed by atoms with Gasteiger partial charge in [0.1, 0.15) is 6.10 Å². The summed E-state index contributed by atoms with van der Waals surface area (Å²) >= 11 is 0. The normalized spacial score (nSPS) is 24.4. The van der Waals surface area contributed by atoms with Crippen molar-refractivity contribution in [3.8, 4) is 0 Å². The third-order valence-electron chi connectivity index (χ3n) is 2.58. The van der Waals surface area contributed by atoms with Gasteiger partial charge in [-0.1, -0.05) is 0 Å². The maximum absolute atomic E-state index is 11.8. The summed E-state index contributed by atoms with van der Waals surface area (Å²) in [7, 11) is 3.21. The Labute approximate surface area is 94.1 Å². The maximum Gasteiger partial charge on any atom is 0.332 e. The van der Waals surface area contributed by atoms with Crippen LogP contribution in [0.25, 0.3) is 0 Å². The van der Waals surface area contributed by atoms with Gasteiger partial charge in [-0.3, -0.25) is 4.79 Å². The van der Waals surface area contributed by atoms with E-state index in [-0.39, 0.29) is 5.91 Å². The standard InChI is InChI=1S/C10H17NO5/c1-11(5-6-15-2)9(12)7-3-4-8(16-7)10(13)14/h7-8H,3-6H2,1-2H3,(H,13,14)/t7-,8+/m0/s1. The van der Waals surface area contributed by atoms with E-state index in [4.69, 9.17) is 14.6 Å². The number of amides is 1. The van der Waals surface area contributed by atoms with Crippen molar-refractivity contribution >= 4 is 11.9 Å². The van der Waals surface area contributed by atoms with Crippen LogP contribution in [0.1, 0.15) is 12.8 Å². The van der Waals surface area contributed by atoms with Gasteiger partial charge in [0.25, 0.3) is 5.91 Å². The lowest BCUT2D eigenvalue weighted by molar-refractivity contribution is -0.154. The first-order chi connectivity index (χ1) is 7.56. The Hall–Kier alpha value is -1.14. The molecule has 1 rings (SSSR count). The van der Waals surface area contributed by atoms with E-state index >= 15 is 0 Å². The molecule has 1 amide bonds. The summed E-state index contributed by atoms with van der Waals surface area (Å²) in [5.74, 6) is -1.18. The van der Waals surface area contributed by atoms with Crippen molar-refractivity contribution < 1.29 is 24.2 Å². The number of aliphatic carboxylic acids is 1. The average molecular weight is 231 g/mol. The summed E-state index contributed by atoms with van der Waals surface area (Å²) in [5.41, 5.74) is 0. The lowest BCUT2D eigenvalue weighted by atomic mass is 10.2. The number of methoxy groups -OCH3 is 1. The third kappa shape index (κ3) is 3.18. The SMILES string of the molecule is COCCN(C)C(=O)[C@@H]1CC[C@H](C(=O)O)O1. The van der Waals surface area contributed by atoms with Crippen LogP contribution in [0.3, 0.4) is 0 Å². The number of carbonyl (C=O) groups is 2. The molecule has 16 heavy (non-hydrogen) atoms. The summed E-state index contributed by atoms with van der Waals surface area (Å²) in [6.07, 6.45) is -0.607. The summed E-state index contributed by atoms with van der Waals surface area (Å²) in [5, 5.41) is 8.72. The van der Waals surface area contributed by atoms with Crippen LogP contribution in [0.2, 0.25) is 0 Å². The van der Waals surface area contributed by atoms with Crippen LogP contribution in [-0.2, 0) is 19.1 Å². The van der Waals surface area contributed by atoms with Crippen molar-refractivity contribution in [2.45, 2.75) is 25.0 Å². The van der Waals surface area contributed by atoms with Crippen LogP contribution in [0.5, 0.6) is 0 Å². The second-order valence-electron chi connectivity index (χ2n) is 3.78. The van der Waals surface area contributed by atoms with E-state index in [9.17, 15) is 9.59 Å². The number of likely N-dealkylation sites (N-methyl/N-ethyl adjacent to an activating group) is 1. The van der Waals surface area contributed by atoms with Gasteiger partial charge in [0, 0.05) is 20.7 Å². The Morgan fingerprint density at radius 1 is 1.44 bits per heavy atom. The third-order valence-corrected chi connectivity index (χ3v) is 2.58. The molecule has 0 aliphatic carbocycles. The van der Waals surface area contributed by atoms with Gasteiger partial charge in [0.2, 0.25) is 0 Å².